The molecule has 2 rings (SSSR count). The van der Waals surface area contributed by atoms with Crippen LogP contribution in [0.15, 0.2) is 24.3 Å². The van der Waals surface area contributed by atoms with Crippen LogP contribution in [-0.2, 0) is 27.1 Å². The normalized spacial score (nSPS) is 11.6. The molecule has 0 radical (unpaired) electrons. The van der Waals surface area contributed by atoms with Crippen molar-refractivity contribution in [1.29, 1.82) is 0 Å². The zero-order valence-electron chi connectivity index (χ0n) is 16.9. The topological polar surface area (TPSA) is 97.5 Å². The molecule has 7 nitrogen and oxygen atoms in total. The SMILES string of the molecule is CCc1[nH]c(C(=O)OC(C)C(=O)NCCc2ccc(F)cc2)c(C)c1C(=O)OC. The van der Waals surface area contributed by atoms with Gasteiger partial charge in [-0.25, -0.2) is 14.0 Å². The summed E-state index contributed by atoms with van der Waals surface area (Å²) in [5.74, 6) is -2.04. The monoisotopic (exact) mass is 404 g/mol. The number of benzene rings is 1. The smallest absolute Gasteiger partial charge is 0.355 e. The summed E-state index contributed by atoms with van der Waals surface area (Å²) < 4.78 is 22.9. The van der Waals surface area contributed by atoms with Crippen LogP contribution in [0.25, 0.3) is 0 Å². The van der Waals surface area contributed by atoms with Crippen molar-refractivity contribution < 1.29 is 28.2 Å². The van der Waals surface area contributed by atoms with Gasteiger partial charge in [-0.1, -0.05) is 19.1 Å². The molecule has 156 valence electrons. The van der Waals surface area contributed by atoms with Crippen molar-refractivity contribution in [2.75, 3.05) is 13.7 Å². The van der Waals surface area contributed by atoms with Crippen LogP contribution in [0.4, 0.5) is 4.39 Å². The van der Waals surface area contributed by atoms with Gasteiger partial charge in [0.25, 0.3) is 5.91 Å². The average Bonchev–Trinajstić information content (AvgIpc) is 3.05. The summed E-state index contributed by atoms with van der Waals surface area (Å²) in [5, 5.41) is 2.68. The maximum Gasteiger partial charge on any atom is 0.355 e. The fraction of sp³-hybridized carbons (Fsp3) is 0.381. The summed E-state index contributed by atoms with van der Waals surface area (Å²) in [4.78, 5) is 39.5. The van der Waals surface area contributed by atoms with Crippen molar-refractivity contribution in [3.05, 3.63) is 58.2 Å². The summed E-state index contributed by atoms with van der Waals surface area (Å²) in [6, 6.07) is 5.99. The fourth-order valence-corrected chi connectivity index (χ4v) is 2.90. The number of aromatic amines is 1. The highest BCUT2D eigenvalue weighted by molar-refractivity contribution is 5.99. The van der Waals surface area contributed by atoms with Gasteiger partial charge in [0.15, 0.2) is 6.10 Å². The summed E-state index contributed by atoms with van der Waals surface area (Å²) in [7, 11) is 1.27. The van der Waals surface area contributed by atoms with Crippen molar-refractivity contribution >= 4 is 17.8 Å². The molecule has 0 aliphatic rings. The highest BCUT2D eigenvalue weighted by atomic mass is 19.1. The van der Waals surface area contributed by atoms with Gasteiger partial charge in [-0.3, -0.25) is 4.79 Å². The van der Waals surface area contributed by atoms with Gasteiger partial charge < -0.3 is 19.8 Å². The highest BCUT2D eigenvalue weighted by Gasteiger charge is 2.26. The number of esters is 2. The summed E-state index contributed by atoms with van der Waals surface area (Å²) >= 11 is 0. The first-order valence-electron chi connectivity index (χ1n) is 9.31. The molecular weight excluding hydrogens is 379 g/mol. The maximum atomic E-state index is 12.9. The molecular formula is C21H25FN2O5. The number of rotatable bonds is 8. The molecule has 1 heterocycles. The molecule has 1 amide bonds. The lowest BCUT2D eigenvalue weighted by Crippen LogP contribution is -2.37. The second kappa shape index (κ2) is 9.86. The predicted molar refractivity (Wildman–Crippen MR) is 104 cm³/mol. The highest BCUT2D eigenvalue weighted by Crippen LogP contribution is 2.21. The number of nitrogens with one attached hydrogen (secondary N) is 2. The van der Waals surface area contributed by atoms with Crippen molar-refractivity contribution in [3.8, 4) is 0 Å². The van der Waals surface area contributed by atoms with Gasteiger partial charge >= 0.3 is 11.9 Å². The van der Waals surface area contributed by atoms with Gasteiger partial charge in [-0.05, 0) is 49.9 Å². The zero-order valence-corrected chi connectivity index (χ0v) is 16.9. The van der Waals surface area contributed by atoms with E-state index in [1.807, 2.05) is 6.92 Å². The van der Waals surface area contributed by atoms with Crippen molar-refractivity contribution in [3.63, 3.8) is 0 Å². The average molecular weight is 404 g/mol. The van der Waals surface area contributed by atoms with E-state index in [1.54, 1.807) is 19.1 Å². The summed E-state index contributed by atoms with van der Waals surface area (Å²) in [6.45, 7) is 5.24. The molecule has 8 heteroatoms. The van der Waals surface area contributed by atoms with E-state index in [-0.39, 0.29) is 11.5 Å². The van der Waals surface area contributed by atoms with Crippen LogP contribution in [0.1, 0.15) is 51.5 Å². The van der Waals surface area contributed by atoms with Crippen LogP contribution in [0, 0.1) is 12.7 Å². The van der Waals surface area contributed by atoms with E-state index in [0.717, 1.165) is 5.56 Å². The van der Waals surface area contributed by atoms with Crippen molar-refractivity contribution in [2.24, 2.45) is 0 Å². The number of amides is 1. The molecule has 2 aromatic rings. The van der Waals surface area contributed by atoms with Crippen LogP contribution in [-0.4, -0.2) is 42.6 Å². The minimum atomic E-state index is -1.02. The second-order valence-electron chi connectivity index (χ2n) is 6.54. The van der Waals surface area contributed by atoms with Gasteiger partial charge in [0.1, 0.15) is 11.5 Å². The van der Waals surface area contributed by atoms with Gasteiger partial charge in [0.2, 0.25) is 0 Å². The first kappa shape index (κ1) is 22.1. The van der Waals surface area contributed by atoms with Gasteiger partial charge in [-0.15, -0.1) is 0 Å². The van der Waals surface area contributed by atoms with E-state index in [9.17, 15) is 18.8 Å². The first-order chi connectivity index (χ1) is 13.8. The Labute approximate surface area is 168 Å². The van der Waals surface area contributed by atoms with E-state index in [0.29, 0.717) is 36.2 Å². The molecule has 0 aliphatic heterocycles. The third kappa shape index (κ3) is 5.43. The Bertz CT molecular complexity index is 889. The standard InChI is InChI=1S/C21H25FN2O5/c1-5-16-17(20(26)28-4)12(2)18(24-16)21(27)29-13(3)19(25)23-11-10-14-6-8-15(22)9-7-14/h6-9,13,24H,5,10-11H2,1-4H3,(H,23,25). The Morgan fingerprint density at radius 2 is 1.83 bits per heavy atom. The van der Waals surface area contributed by atoms with E-state index in [2.05, 4.69) is 10.3 Å². The first-order valence-corrected chi connectivity index (χ1v) is 9.31. The van der Waals surface area contributed by atoms with Crippen LogP contribution in [0.2, 0.25) is 0 Å². The van der Waals surface area contributed by atoms with E-state index in [4.69, 9.17) is 9.47 Å². The number of H-pyrrole nitrogens is 1. The maximum absolute atomic E-state index is 12.9. The lowest BCUT2D eigenvalue weighted by atomic mass is 10.1. The molecule has 1 atom stereocenters. The van der Waals surface area contributed by atoms with Crippen LogP contribution in [0.5, 0.6) is 0 Å². The number of hydrogen-bond donors (Lipinski definition) is 2. The molecule has 1 aromatic carbocycles. The van der Waals surface area contributed by atoms with Crippen LogP contribution >= 0.6 is 0 Å². The molecule has 1 aromatic heterocycles. The Morgan fingerprint density at radius 1 is 1.17 bits per heavy atom. The molecule has 2 N–H and O–H groups in total. The quantitative estimate of drug-likeness (QED) is 0.660. The number of ether oxygens (including phenoxy) is 2. The molecule has 0 bridgehead atoms. The third-order valence-electron chi connectivity index (χ3n) is 4.55. The second-order valence-corrected chi connectivity index (χ2v) is 6.54. The number of methoxy groups -OCH3 is 1. The van der Waals surface area contributed by atoms with E-state index < -0.39 is 23.9 Å². The van der Waals surface area contributed by atoms with Crippen LogP contribution in [0.3, 0.4) is 0 Å². The van der Waals surface area contributed by atoms with Crippen molar-refractivity contribution in [2.45, 2.75) is 39.7 Å². The minimum Gasteiger partial charge on any atom is -0.465 e. The number of aryl methyl sites for hydroxylation is 1. The molecule has 0 saturated heterocycles. The number of aromatic nitrogens is 1. The Hall–Kier alpha value is -3.16. The Morgan fingerprint density at radius 3 is 2.41 bits per heavy atom. The lowest BCUT2D eigenvalue weighted by molar-refractivity contribution is -0.129. The lowest BCUT2D eigenvalue weighted by Gasteiger charge is -2.13. The van der Waals surface area contributed by atoms with Gasteiger partial charge in [0, 0.05) is 12.2 Å². The predicted octanol–water partition coefficient (Wildman–Crippen LogP) is 2.72. The number of halogens is 1. The molecule has 0 spiro atoms. The molecule has 0 saturated carbocycles. The molecule has 0 fully saturated rings. The van der Waals surface area contributed by atoms with Crippen molar-refractivity contribution in [1.82, 2.24) is 10.3 Å². The number of carbonyl (C=O) groups is 3. The molecule has 29 heavy (non-hydrogen) atoms. The molecule has 1 unspecified atom stereocenters. The Balaban J connectivity index is 1.95. The van der Waals surface area contributed by atoms with Gasteiger partial charge in [0.05, 0.1) is 12.7 Å². The summed E-state index contributed by atoms with van der Waals surface area (Å²) in [6.07, 6.45) is -0.00646. The fourth-order valence-electron chi connectivity index (χ4n) is 2.90. The number of carbonyl (C=O) groups excluding carboxylic acids is 3. The minimum absolute atomic E-state index is 0.119. The molecule has 0 aliphatic carbocycles. The van der Waals surface area contributed by atoms with Gasteiger partial charge in [-0.2, -0.15) is 0 Å². The van der Waals surface area contributed by atoms with Crippen LogP contribution < -0.4 is 5.32 Å². The summed E-state index contributed by atoms with van der Waals surface area (Å²) in [5.41, 5.74) is 2.28. The largest absolute Gasteiger partial charge is 0.465 e. The number of hydrogen-bond acceptors (Lipinski definition) is 5. The third-order valence-corrected chi connectivity index (χ3v) is 4.55. The van der Waals surface area contributed by atoms with E-state index in [1.165, 1.54) is 26.2 Å². The zero-order chi connectivity index (χ0) is 21.6. The Kier molecular flexibility index (Phi) is 7.52. The van der Waals surface area contributed by atoms with E-state index >= 15 is 0 Å².